The molecule has 0 amide bonds. The van der Waals surface area contributed by atoms with E-state index in [4.69, 9.17) is 9.47 Å². The molecule has 33 heavy (non-hydrogen) atoms. The van der Waals surface area contributed by atoms with E-state index in [9.17, 15) is 0 Å². The van der Waals surface area contributed by atoms with E-state index >= 15 is 0 Å². The van der Waals surface area contributed by atoms with E-state index in [0.717, 1.165) is 51.0 Å². The first-order valence-corrected chi connectivity index (χ1v) is 11.7. The van der Waals surface area contributed by atoms with E-state index < -0.39 is 0 Å². The summed E-state index contributed by atoms with van der Waals surface area (Å²) in [6, 6.07) is 23.0. The Hall–Kier alpha value is -3.38. The third-order valence-electron chi connectivity index (χ3n) is 6.31. The number of nitrogens with zero attached hydrogens (tertiary/aromatic N) is 4. The Kier molecular flexibility index (Phi) is 6.53. The molecule has 1 aliphatic rings. The number of methoxy groups -OCH3 is 1. The van der Waals surface area contributed by atoms with Crippen LogP contribution in [-0.4, -0.2) is 61.3 Å². The Morgan fingerprint density at radius 1 is 0.758 bits per heavy atom. The maximum Gasteiger partial charge on any atom is 0.215 e. The Balaban J connectivity index is 1.06. The topological polar surface area (TPSA) is 50.7 Å². The summed E-state index contributed by atoms with van der Waals surface area (Å²) in [6.45, 7) is 6.12. The van der Waals surface area contributed by atoms with Gasteiger partial charge in [-0.25, -0.2) is 0 Å². The lowest BCUT2D eigenvalue weighted by Gasteiger charge is -2.36. The number of hydrogen-bond donors (Lipinski definition) is 0. The van der Waals surface area contributed by atoms with Crippen LogP contribution in [0.25, 0.3) is 21.8 Å². The van der Waals surface area contributed by atoms with Crippen LogP contribution in [-0.2, 0) is 0 Å². The minimum absolute atomic E-state index is 0.563. The summed E-state index contributed by atoms with van der Waals surface area (Å²) < 4.78 is 11.1. The maximum atomic E-state index is 5.87. The van der Waals surface area contributed by atoms with Gasteiger partial charge >= 0.3 is 0 Å². The lowest BCUT2D eigenvalue weighted by Crippen LogP contribution is -2.46. The van der Waals surface area contributed by atoms with Gasteiger partial charge in [0.1, 0.15) is 0 Å². The van der Waals surface area contributed by atoms with E-state index in [-0.39, 0.29) is 0 Å². The predicted octanol–water partition coefficient (Wildman–Crippen LogP) is 4.77. The molecule has 2 aromatic carbocycles. The van der Waals surface area contributed by atoms with Gasteiger partial charge in [-0.15, -0.1) is 0 Å². The van der Waals surface area contributed by atoms with Crippen LogP contribution in [0.5, 0.6) is 11.8 Å². The summed E-state index contributed by atoms with van der Waals surface area (Å²) >= 11 is 0. The van der Waals surface area contributed by atoms with Crippen LogP contribution >= 0.6 is 0 Å². The van der Waals surface area contributed by atoms with Crippen LogP contribution in [0, 0.1) is 0 Å². The first-order valence-electron chi connectivity index (χ1n) is 11.7. The van der Waals surface area contributed by atoms with Crippen LogP contribution in [0.15, 0.2) is 66.7 Å². The Labute approximate surface area is 194 Å². The Bertz CT molecular complexity index is 1220. The monoisotopic (exact) mass is 442 g/mol. The predicted molar refractivity (Wildman–Crippen MR) is 133 cm³/mol. The SMILES string of the molecule is COc1ccc2ccc(OCCCCN3CCN(c4cccc5ccccc45)CC3)nc2n1. The van der Waals surface area contributed by atoms with Gasteiger partial charge in [0, 0.05) is 54.8 Å². The highest BCUT2D eigenvalue weighted by Gasteiger charge is 2.18. The molecule has 1 fully saturated rings. The van der Waals surface area contributed by atoms with Crippen molar-refractivity contribution >= 4 is 27.5 Å². The second-order valence-electron chi connectivity index (χ2n) is 8.43. The number of piperazine rings is 1. The second-order valence-corrected chi connectivity index (χ2v) is 8.43. The lowest BCUT2D eigenvalue weighted by molar-refractivity contribution is 0.237. The first-order chi connectivity index (χ1) is 16.3. The molecule has 0 unspecified atom stereocenters. The molecule has 2 aromatic heterocycles. The van der Waals surface area contributed by atoms with Gasteiger partial charge in [0.2, 0.25) is 11.8 Å². The number of ether oxygens (including phenoxy) is 2. The highest BCUT2D eigenvalue weighted by Crippen LogP contribution is 2.27. The van der Waals surface area contributed by atoms with Gasteiger partial charge in [-0.1, -0.05) is 36.4 Å². The van der Waals surface area contributed by atoms with Gasteiger partial charge in [0.05, 0.1) is 13.7 Å². The number of benzene rings is 2. The molecule has 5 rings (SSSR count). The zero-order valence-corrected chi connectivity index (χ0v) is 19.1. The molecule has 3 heterocycles. The summed E-state index contributed by atoms with van der Waals surface area (Å²) in [7, 11) is 1.61. The molecule has 6 nitrogen and oxygen atoms in total. The van der Waals surface area contributed by atoms with Crippen LogP contribution in [0.4, 0.5) is 5.69 Å². The molecule has 170 valence electrons. The molecule has 0 saturated carbocycles. The molecule has 1 aliphatic heterocycles. The number of pyridine rings is 2. The highest BCUT2D eigenvalue weighted by molar-refractivity contribution is 5.94. The Morgan fingerprint density at radius 2 is 1.52 bits per heavy atom. The van der Waals surface area contributed by atoms with Crippen LogP contribution in [0.1, 0.15) is 12.8 Å². The molecule has 1 saturated heterocycles. The second kappa shape index (κ2) is 10.0. The zero-order valence-electron chi connectivity index (χ0n) is 19.1. The van der Waals surface area contributed by atoms with Gasteiger partial charge in [0.25, 0.3) is 0 Å². The van der Waals surface area contributed by atoms with E-state index in [2.05, 4.69) is 62.2 Å². The van der Waals surface area contributed by atoms with Crippen LogP contribution in [0.3, 0.4) is 0 Å². The van der Waals surface area contributed by atoms with Crippen molar-refractivity contribution < 1.29 is 9.47 Å². The third kappa shape index (κ3) is 5.01. The molecular formula is C27H30N4O2. The van der Waals surface area contributed by atoms with Crippen molar-refractivity contribution in [1.29, 1.82) is 0 Å². The summed E-state index contributed by atoms with van der Waals surface area (Å²) in [4.78, 5) is 14.0. The van der Waals surface area contributed by atoms with E-state index in [0.29, 0.717) is 24.0 Å². The highest BCUT2D eigenvalue weighted by atomic mass is 16.5. The van der Waals surface area contributed by atoms with E-state index in [1.807, 2.05) is 24.3 Å². The minimum Gasteiger partial charge on any atom is -0.481 e. The number of hydrogen-bond acceptors (Lipinski definition) is 6. The number of aromatic nitrogens is 2. The molecule has 0 atom stereocenters. The smallest absolute Gasteiger partial charge is 0.215 e. The minimum atomic E-state index is 0.563. The van der Waals surface area contributed by atoms with E-state index in [1.165, 1.54) is 16.5 Å². The molecule has 0 spiro atoms. The Morgan fingerprint density at radius 3 is 2.36 bits per heavy atom. The zero-order chi connectivity index (χ0) is 22.5. The van der Waals surface area contributed by atoms with Crippen molar-refractivity contribution in [2.75, 3.05) is 51.3 Å². The molecule has 4 aromatic rings. The summed E-state index contributed by atoms with van der Waals surface area (Å²) in [5, 5.41) is 3.64. The number of rotatable bonds is 8. The normalized spacial score (nSPS) is 14.6. The fourth-order valence-corrected chi connectivity index (χ4v) is 4.47. The van der Waals surface area contributed by atoms with Crippen molar-refractivity contribution in [1.82, 2.24) is 14.9 Å². The third-order valence-corrected chi connectivity index (χ3v) is 6.31. The molecule has 0 bridgehead atoms. The number of fused-ring (bicyclic) bond motifs is 2. The average Bonchev–Trinajstić information content (AvgIpc) is 2.88. The number of unbranched alkanes of at least 4 members (excludes halogenated alkanes) is 1. The van der Waals surface area contributed by atoms with Gasteiger partial charge < -0.3 is 14.4 Å². The van der Waals surface area contributed by atoms with Gasteiger partial charge in [-0.05, 0) is 43.0 Å². The van der Waals surface area contributed by atoms with Gasteiger partial charge in [0.15, 0.2) is 5.65 Å². The van der Waals surface area contributed by atoms with Gasteiger partial charge in [-0.2, -0.15) is 9.97 Å². The first kappa shape index (κ1) is 21.5. The number of anilines is 1. The molecule has 0 N–H and O–H groups in total. The van der Waals surface area contributed by atoms with Crippen molar-refractivity contribution in [3.05, 3.63) is 66.7 Å². The summed E-state index contributed by atoms with van der Waals surface area (Å²) in [5.74, 6) is 1.18. The van der Waals surface area contributed by atoms with Crippen LogP contribution in [0.2, 0.25) is 0 Å². The molecule has 6 heteroatoms. The standard InChI is InChI=1S/C27H30N4O2/c1-32-25-13-11-22-12-14-26(29-27(22)28-25)33-20-5-4-15-30-16-18-31(19-17-30)24-10-6-8-21-7-2-3-9-23(21)24/h2-3,6-14H,4-5,15-20H2,1H3. The average molecular weight is 443 g/mol. The van der Waals surface area contributed by atoms with Crippen molar-refractivity contribution in [2.24, 2.45) is 0 Å². The van der Waals surface area contributed by atoms with Crippen LogP contribution < -0.4 is 14.4 Å². The summed E-state index contributed by atoms with van der Waals surface area (Å²) in [6.07, 6.45) is 2.13. The fraction of sp³-hybridized carbons (Fsp3) is 0.333. The molecule has 0 aliphatic carbocycles. The van der Waals surface area contributed by atoms with Crippen molar-refractivity contribution in [2.45, 2.75) is 12.8 Å². The molecule has 0 radical (unpaired) electrons. The largest absolute Gasteiger partial charge is 0.481 e. The fourth-order valence-electron chi connectivity index (χ4n) is 4.47. The van der Waals surface area contributed by atoms with E-state index in [1.54, 1.807) is 7.11 Å². The van der Waals surface area contributed by atoms with Crippen molar-refractivity contribution in [3.63, 3.8) is 0 Å². The quantitative estimate of drug-likeness (QED) is 0.366. The maximum absolute atomic E-state index is 5.87. The molecular weight excluding hydrogens is 412 g/mol. The van der Waals surface area contributed by atoms with Crippen molar-refractivity contribution in [3.8, 4) is 11.8 Å². The summed E-state index contributed by atoms with van der Waals surface area (Å²) in [5.41, 5.74) is 2.01. The lowest BCUT2D eigenvalue weighted by atomic mass is 10.1. The van der Waals surface area contributed by atoms with Gasteiger partial charge in [-0.3, -0.25) is 4.90 Å².